The van der Waals surface area contributed by atoms with Crippen molar-refractivity contribution in [2.75, 3.05) is 25.5 Å². The quantitative estimate of drug-likeness (QED) is 0.792. The van der Waals surface area contributed by atoms with Gasteiger partial charge in [0.2, 0.25) is 5.95 Å². The lowest BCUT2D eigenvalue weighted by atomic mass is 10.1. The number of hydrogen-bond acceptors (Lipinski definition) is 5. The summed E-state index contributed by atoms with van der Waals surface area (Å²) in [6.45, 7) is 3.66. The highest BCUT2D eigenvalue weighted by atomic mass is 16.5. The van der Waals surface area contributed by atoms with Crippen molar-refractivity contribution in [1.82, 2.24) is 19.5 Å². The van der Waals surface area contributed by atoms with Crippen LogP contribution in [0.3, 0.4) is 0 Å². The SMILES string of the molecule is COc1cc(C(=O)N2CCC2)ccc1Nc1nc2ccc(C)cn2n1. The van der Waals surface area contributed by atoms with Crippen LogP contribution >= 0.6 is 0 Å². The fraction of sp³-hybridized carbons (Fsp3) is 0.278. The van der Waals surface area contributed by atoms with Gasteiger partial charge in [-0.2, -0.15) is 4.98 Å². The summed E-state index contributed by atoms with van der Waals surface area (Å²) in [7, 11) is 1.58. The summed E-state index contributed by atoms with van der Waals surface area (Å²) in [6, 6.07) is 9.28. The van der Waals surface area contributed by atoms with Crippen molar-refractivity contribution in [3.8, 4) is 5.75 Å². The molecule has 1 N–H and O–H groups in total. The van der Waals surface area contributed by atoms with Crippen LogP contribution in [0.15, 0.2) is 36.5 Å². The summed E-state index contributed by atoms with van der Waals surface area (Å²) in [6.07, 6.45) is 2.99. The van der Waals surface area contributed by atoms with Crippen LogP contribution in [0.1, 0.15) is 22.3 Å². The van der Waals surface area contributed by atoms with Gasteiger partial charge < -0.3 is 15.0 Å². The Morgan fingerprint density at radius 2 is 2.08 bits per heavy atom. The van der Waals surface area contributed by atoms with Crippen LogP contribution in [0.5, 0.6) is 5.75 Å². The number of ether oxygens (including phenoxy) is 1. The molecule has 4 rings (SSSR count). The predicted octanol–water partition coefficient (Wildman–Crippen LogP) is 2.64. The van der Waals surface area contributed by atoms with Gasteiger partial charge in [0.15, 0.2) is 5.65 Å². The number of pyridine rings is 1. The van der Waals surface area contributed by atoms with E-state index in [9.17, 15) is 4.79 Å². The molecular weight excluding hydrogens is 318 g/mol. The predicted molar refractivity (Wildman–Crippen MR) is 94.5 cm³/mol. The number of aryl methyl sites for hydroxylation is 1. The number of anilines is 2. The van der Waals surface area contributed by atoms with E-state index in [1.807, 2.05) is 36.2 Å². The first-order chi connectivity index (χ1) is 12.1. The minimum Gasteiger partial charge on any atom is -0.495 e. The molecule has 0 atom stereocenters. The lowest BCUT2D eigenvalue weighted by Gasteiger charge is -2.31. The molecule has 0 aliphatic carbocycles. The number of hydrogen-bond donors (Lipinski definition) is 1. The standard InChI is InChI=1S/C18H19N5O2/c1-12-4-7-16-20-18(21-23(16)11-12)19-14-6-5-13(10-15(14)25-2)17(24)22-8-3-9-22/h4-7,10-11H,3,8-9H2,1-2H3,(H,19,21). The number of likely N-dealkylation sites (tertiary alicyclic amines) is 1. The van der Waals surface area contributed by atoms with Gasteiger partial charge in [0.05, 0.1) is 12.8 Å². The van der Waals surface area contributed by atoms with Crippen LogP contribution in [-0.2, 0) is 0 Å². The maximum Gasteiger partial charge on any atom is 0.253 e. The van der Waals surface area contributed by atoms with Crippen molar-refractivity contribution in [3.05, 3.63) is 47.7 Å². The number of methoxy groups -OCH3 is 1. The second-order valence-electron chi connectivity index (χ2n) is 6.13. The van der Waals surface area contributed by atoms with Crippen LogP contribution in [-0.4, -0.2) is 45.6 Å². The smallest absolute Gasteiger partial charge is 0.253 e. The third kappa shape index (κ3) is 2.88. The number of nitrogens with one attached hydrogen (secondary N) is 1. The summed E-state index contributed by atoms with van der Waals surface area (Å²) < 4.78 is 7.17. The van der Waals surface area contributed by atoms with E-state index in [1.165, 1.54) is 0 Å². The topological polar surface area (TPSA) is 71.8 Å². The number of amides is 1. The van der Waals surface area contributed by atoms with E-state index < -0.39 is 0 Å². The molecule has 128 valence electrons. The Kier molecular flexibility index (Phi) is 3.76. The van der Waals surface area contributed by atoms with Crippen molar-refractivity contribution in [2.24, 2.45) is 0 Å². The molecule has 7 nitrogen and oxygen atoms in total. The summed E-state index contributed by atoms with van der Waals surface area (Å²) in [5.74, 6) is 1.10. The van der Waals surface area contributed by atoms with Gasteiger partial charge in [-0.3, -0.25) is 4.79 Å². The van der Waals surface area contributed by atoms with E-state index in [4.69, 9.17) is 4.74 Å². The number of nitrogens with zero attached hydrogens (tertiary/aromatic N) is 4. The van der Waals surface area contributed by atoms with Gasteiger partial charge >= 0.3 is 0 Å². The van der Waals surface area contributed by atoms with Gasteiger partial charge in [0.25, 0.3) is 5.91 Å². The molecule has 1 aliphatic rings. The molecule has 1 amide bonds. The van der Waals surface area contributed by atoms with Gasteiger partial charge in [0, 0.05) is 24.8 Å². The van der Waals surface area contributed by atoms with Crippen LogP contribution < -0.4 is 10.1 Å². The molecule has 0 spiro atoms. The van der Waals surface area contributed by atoms with E-state index in [0.29, 0.717) is 17.3 Å². The van der Waals surface area contributed by atoms with E-state index >= 15 is 0 Å². The summed E-state index contributed by atoms with van der Waals surface area (Å²) in [5.41, 5.74) is 3.21. The molecule has 1 saturated heterocycles. The summed E-state index contributed by atoms with van der Waals surface area (Å²) in [4.78, 5) is 18.6. The number of carbonyl (C=O) groups excluding carboxylic acids is 1. The number of aromatic nitrogens is 3. The molecular formula is C18H19N5O2. The minimum absolute atomic E-state index is 0.0393. The van der Waals surface area contributed by atoms with Crippen LogP contribution in [0.2, 0.25) is 0 Å². The highest BCUT2D eigenvalue weighted by Crippen LogP contribution is 2.29. The average Bonchev–Trinajstić information content (AvgIpc) is 2.94. The normalized spacial score (nSPS) is 13.6. The molecule has 1 aliphatic heterocycles. The number of benzene rings is 1. The molecule has 0 bridgehead atoms. The largest absolute Gasteiger partial charge is 0.495 e. The van der Waals surface area contributed by atoms with Gasteiger partial charge in [-0.25, -0.2) is 4.52 Å². The molecule has 0 radical (unpaired) electrons. The maximum atomic E-state index is 12.3. The Balaban J connectivity index is 1.61. The maximum absolute atomic E-state index is 12.3. The molecule has 0 saturated carbocycles. The van der Waals surface area contributed by atoms with Gasteiger partial charge in [-0.05, 0) is 43.2 Å². The van der Waals surface area contributed by atoms with E-state index in [1.54, 1.807) is 23.8 Å². The van der Waals surface area contributed by atoms with Crippen molar-refractivity contribution in [3.63, 3.8) is 0 Å². The Morgan fingerprint density at radius 1 is 1.24 bits per heavy atom. The molecule has 25 heavy (non-hydrogen) atoms. The molecule has 3 heterocycles. The third-order valence-corrected chi connectivity index (χ3v) is 4.32. The average molecular weight is 337 g/mol. The lowest BCUT2D eigenvalue weighted by Crippen LogP contribution is -2.42. The zero-order chi connectivity index (χ0) is 17.4. The molecule has 0 unspecified atom stereocenters. The monoisotopic (exact) mass is 337 g/mol. The summed E-state index contributed by atoms with van der Waals surface area (Å²) >= 11 is 0. The van der Waals surface area contributed by atoms with Crippen LogP contribution in [0.4, 0.5) is 11.6 Å². The highest BCUT2D eigenvalue weighted by molar-refractivity contribution is 5.95. The first kappa shape index (κ1) is 15.4. The molecule has 1 aromatic carbocycles. The highest BCUT2D eigenvalue weighted by Gasteiger charge is 2.22. The van der Waals surface area contributed by atoms with Gasteiger partial charge in [-0.15, -0.1) is 5.10 Å². The zero-order valence-corrected chi connectivity index (χ0v) is 14.2. The van der Waals surface area contributed by atoms with Crippen LogP contribution in [0.25, 0.3) is 5.65 Å². The Morgan fingerprint density at radius 3 is 2.80 bits per heavy atom. The number of carbonyl (C=O) groups is 1. The fourth-order valence-electron chi connectivity index (χ4n) is 2.79. The van der Waals surface area contributed by atoms with Crippen LogP contribution in [0, 0.1) is 6.92 Å². The Bertz CT molecular complexity index is 946. The molecule has 1 fully saturated rings. The second kappa shape index (κ2) is 6.08. The first-order valence-corrected chi connectivity index (χ1v) is 8.21. The van der Waals surface area contributed by atoms with Gasteiger partial charge in [-0.1, -0.05) is 6.07 Å². The molecule has 7 heteroatoms. The van der Waals surface area contributed by atoms with Gasteiger partial charge in [0.1, 0.15) is 5.75 Å². The fourth-order valence-corrected chi connectivity index (χ4v) is 2.79. The molecule has 3 aromatic rings. The number of fused-ring (bicyclic) bond motifs is 1. The Hall–Kier alpha value is -3.09. The Labute approximate surface area is 145 Å². The minimum atomic E-state index is 0.0393. The van der Waals surface area contributed by atoms with Crippen molar-refractivity contribution >= 4 is 23.2 Å². The van der Waals surface area contributed by atoms with E-state index in [0.717, 1.165) is 36.4 Å². The van der Waals surface area contributed by atoms with E-state index in [-0.39, 0.29) is 5.91 Å². The van der Waals surface area contributed by atoms with Crippen molar-refractivity contribution in [2.45, 2.75) is 13.3 Å². The van der Waals surface area contributed by atoms with Crippen molar-refractivity contribution < 1.29 is 9.53 Å². The molecule has 2 aromatic heterocycles. The third-order valence-electron chi connectivity index (χ3n) is 4.32. The number of rotatable bonds is 4. The second-order valence-corrected chi connectivity index (χ2v) is 6.13. The first-order valence-electron chi connectivity index (χ1n) is 8.21. The summed E-state index contributed by atoms with van der Waals surface area (Å²) in [5, 5.41) is 7.58. The lowest BCUT2D eigenvalue weighted by molar-refractivity contribution is 0.0651. The van der Waals surface area contributed by atoms with Crippen molar-refractivity contribution in [1.29, 1.82) is 0 Å². The zero-order valence-electron chi connectivity index (χ0n) is 14.2. The van der Waals surface area contributed by atoms with E-state index in [2.05, 4.69) is 15.4 Å².